The van der Waals surface area contributed by atoms with Crippen LogP contribution in [0.1, 0.15) is 5.56 Å². The molecule has 0 heterocycles. The summed E-state index contributed by atoms with van der Waals surface area (Å²) in [7, 11) is -1.14. The number of phenols is 1. The number of hydrazone groups is 1. The Balaban J connectivity index is 1.83. The van der Waals surface area contributed by atoms with Crippen molar-refractivity contribution < 1.29 is 27.9 Å². The highest BCUT2D eigenvalue weighted by Gasteiger charge is 2.21. The molecule has 172 valence electrons. The number of ether oxygens (including phenoxy) is 2. The second-order valence-electron chi connectivity index (χ2n) is 6.56. The maximum Gasteiger partial charge on any atom is 0.295 e. The third kappa shape index (κ3) is 5.68. The van der Waals surface area contributed by atoms with E-state index in [1.807, 2.05) is 0 Å². The van der Waals surface area contributed by atoms with Crippen LogP contribution in [-0.4, -0.2) is 38.9 Å². The summed E-state index contributed by atoms with van der Waals surface area (Å²) in [6.45, 7) is 0. The number of nitro benzene ring substituents is 1. The summed E-state index contributed by atoms with van der Waals surface area (Å²) in [5, 5.41) is 25.3. The van der Waals surface area contributed by atoms with Gasteiger partial charge in [-0.3, -0.25) is 20.3 Å². The van der Waals surface area contributed by atoms with E-state index < -0.39 is 20.6 Å². The zero-order chi connectivity index (χ0) is 24.0. The highest BCUT2D eigenvalue weighted by atomic mass is 32.2. The Morgan fingerprint density at radius 3 is 2.30 bits per heavy atom. The van der Waals surface area contributed by atoms with Crippen molar-refractivity contribution in [1.82, 2.24) is 0 Å². The molecule has 3 aromatic rings. The van der Waals surface area contributed by atoms with Gasteiger partial charge in [0.15, 0.2) is 0 Å². The first-order chi connectivity index (χ1) is 15.7. The lowest BCUT2D eigenvalue weighted by atomic mass is 10.2. The van der Waals surface area contributed by atoms with Crippen molar-refractivity contribution in [2.45, 2.75) is 4.90 Å². The van der Waals surface area contributed by atoms with E-state index in [0.717, 1.165) is 6.07 Å². The lowest BCUT2D eigenvalue weighted by Crippen LogP contribution is -2.13. The average Bonchev–Trinajstić information content (AvgIpc) is 2.80. The van der Waals surface area contributed by atoms with Crippen molar-refractivity contribution in [3.8, 4) is 17.2 Å². The maximum atomic E-state index is 12.7. The minimum absolute atomic E-state index is 0.0398. The van der Waals surface area contributed by atoms with Gasteiger partial charge in [-0.2, -0.15) is 5.10 Å². The third-order valence-corrected chi connectivity index (χ3v) is 5.82. The number of sulfonamides is 1. The standard InChI is InChI=1S/C21H20N4O7S/c1-31-16-5-3-15(4-6-16)24-33(29,30)18-8-9-19(20(12-18)25(27)28)23-22-13-14-11-17(32-2)7-10-21(14)26/h3-13,23-24,26H,1-2H3. The van der Waals surface area contributed by atoms with Crippen molar-refractivity contribution >= 4 is 33.3 Å². The second-order valence-corrected chi connectivity index (χ2v) is 8.25. The number of phenolic OH excluding ortho intramolecular Hbond substituents is 1. The maximum absolute atomic E-state index is 12.7. The van der Waals surface area contributed by atoms with Crippen LogP contribution < -0.4 is 19.6 Å². The van der Waals surface area contributed by atoms with Crippen LogP contribution in [0.2, 0.25) is 0 Å². The first-order valence-corrected chi connectivity index (χ1v) is 10.8. The fourth-order valence-electron chi connectivity index (χ4n) is 2.73. The van der Waals surface area contributed by atoms with Crippen LogP contribution in [0.25, 0.3) is 0 Å². The molecule has 0 aliphatic heterocycles. The fraction of sp³-hybridized carbons (Fsp3) is 0.0952. The van der Waals surface area contributed by atoms with E-state index in [9.17, 15) is 23.6 Å². The summed E-state index contributed by atoms with van der Waals surface area (Å²) >= 11 is 0. The summed E-state index contributed by atoms with van der Waals surface area (Å²) in [6, 6.07) is 14.0. The Labute approximate surface area is 189 Å². The van der Waals surface area contributed by atoms with Crippen molar-refractivity contribution in [3.63, 3.8) is 0 Å². The molecule has 0 saturated carbocycles. The van der Waals surface area contributed by atoms with E-state index in [1.165, 1.54) is 56.8 Å². The zero-order valence-corrected chi connectivity index (χ0v) is 18.4. The molecule has 11 nitrogen and oxygen atoms in total. The number of nitrogens with zero attached hydrogens (tertiary/aromatic N) is 2. The molecule has 0 radical (unpaired) electrons. The normalized spacial score (nSPS) is 11.2. The Morgan fingerprint density at radius 1 is 1.00 bits per heavy atom. The molecule has 0 aliphatic rings. The smallest absolute Gasteiger partial charge is 0.295 e. The molecule has 0 aliphatic carbocycles. The molecule has 3 rings (SSSR count). The highest BCUT2D eigenvalue weighted by molar-refractivity contribution is 7.92. The van der Waals surface area contributed by atoms with Gasteiger partial charge in [-0.05, 0) is 54.6 Å². The zero-order valence-electron chi connectivity index (χ0n) is 17.6. The van der Waals surface area contributed by atoms with Crippen LogP contribution in [0.3, 0.4) is 0 Å². The lowest BCUT2D eigenvalue weighted by molar-refractivity contribution is -0.384. The summed E-state index contributed by atoms with van der Waals surface area (Å²) in [5.74, 6) is 0.966. The van der Waals surface area contributed by atoms with Crippen molar-refractivity contribution in [3.05, 3.63) is 76.3 Å². The van der Waals surface area contributed by atoms with Gasteiger partial charge in [0.2, 0.25) is 0 Å². The molecule has 3 N–H and O–H groups in total. The molecular weight excluding hydrogens is 452 g/mol. The van der Waals surface area contributed by atoms with Gasteiger partial charge in [0, 0.05) is 17.3 Å². The molecule has 12 heteroatoms. The van der Waals surface area contributed by atoms with Gasteiger partial charge in [-0.1, -0.05) is 0 Å². The minimum Gasteiger partial charge on any atom is -0.507 e. The Bertz CT molecular complexity index is 1290. The van der Waals surface area contributed by atoms with Crippen LogP contribution in [0.4, 0.5) is 17.1 Å². The molecular formula is C21H20N4O7S. The van der Waals surface area contributed by atoms with E-state index >= 15 is 0 Å². The number of nitro groups is 1. The fourth-order valence-corrected chi connectivity index (χ4v) is 3.81. The van der Waals surface area contributed by atoms with Crippen molar-refractivity contribution in [1.29, 1.82) is 0 Å². The first kappa shape index (κ1) is 23.3. The predicted molar refractivity (Wildman–Crippen MR) is 123 cm³/mol. The summed E-state index contributed by atoms with van der Waals surface area (Å²) in [5.41, 5.74) is 2.53. The summed E-state index contributed by atoms with van der Waals surface area (Å²) in [6.07, 6.45) is 1.25. The number of rotatable bonds is 9. The number of aromatic hydroxyl groups is 1. The van der Waals surface area contributed by atoms with Gasteiger partial charge in [-0.15, -0.1) is 0 Å². The van der Waals surface area contributed by atoms with Crippen LogP contribution >= 0.6 is 0 Å². The topological polar surface area (TPSA) is 152 Å². The number of methoxy groups -OCH3 is 2. The molecule has 0 saturated heterocycles. The molecule has 0 fully saturated rings. The number of hydrogen-bond donors (Lipinski definition) is 3. The third-order valence-electron chi connectivity index (χ3n) is 4.44. The molecule has 0 amide bonds. The van der Waals surface area contributed by atoms with Gasteiger partial charge in [0.25, 0.3) is 15.7 Å². The van der Waals surface area contributed by atoms with E-state index in [-0.39, 0.29) is 22.0 Å². The number of benzene rings is 3. The van der Waals surface area contributed by atoms with E-state index in [4.69, 9.17) is 9.47 Å². The van der Waals surface area contributed by atoms with Gasteiger partial charge in [0.05, 0.1) is 30.3 Å². The van der Waals surface area contributed by atoms with Crippen molar-refractivity contribution in [2.24, 2.45) is 5.10 Å². The van der Waals surface area contributed by atoms with Gasteiger partial charge in [-0.25, -0.2) is 8.42 Å². The second kappa shape index (κ2) is 9.87. The molecule has 33 heavy (non-hydrogen) atoms. The molecule has 3 aromatic carbocycles. The van der Waals surface area contributed by atoms with Crippen molar-refractivity contribution in [2.75, 3.05) is 24.4 Å². The van der Waals surface area contributed by atoms with Crippen LogP contribution in [0, 0.1) is 10.1 Å². The minimum atomic E-state index is -4.09. The Morgan fingerprint density at radius 2 is 1.67 bits per heavy atom. The van der Waals surface area contributed by atoms with E-state index in [0.29, 0.717) is 17.1 Å². The Kier molecular flexibility index (Phi) is 6.98. The van der Waals surface area contributed by atoms with Gasteiger partial charge in [0.1, 0.15) is 22.9 Å². The first-order valence-electron chi connectivity index (χ1n) is 9.35. The molecule has 0 atom stereocenters. The average molecular weight is 472 g/mol. The molecule has 0 spiro atoms. The van der Waals surface area contributed by atoms with E-state index in [1.54, 1.807) is 18.2 Å². The number of hydrogen-bond acceptors (Lipinski definition) is 9. The largest absolute Gasteiger partial charge is 0.507 e. The van der Waals surface area contributed by atoms with Crippen LogP contribution in [0.15, 0.2) is 70.7 Å². The lowest BCUT2D eigenvalue weighted by Gasteiger charge is -2.10. The summed E-state index contributed by atoms with van der Waals surface area (Å²) < 4.78 is 37.8. The number of nitrogens with one attached hydrogen (secondary N) is 2. The van der Waals surface area contributed by atoms with Gasteiger partial charge < -0.3 is 14.6 Å². The monoisotopic (exact) mass is 472 g/mol. The predicted octanol–water partition coefficient (Wildman–Crippen LogP) is 3.56. The highest BCUT2D eigenvalue weighted by Crippen LogP contribution is 2.29. The molecule has 0 aromatic heterocycles. The van der Waals surface area contributed by atoms with Gasteiger partial charge >= 0.3 is 0 Å². The van der Waals surface area contributed by atoms with Crippen LogP contribution in [-0.2, 0) is 10.0 Å². The SMILES string of the molecule is COc1ccc(NS(=O)(=O)c2ccc(NN=Cc3cc(OC)ccc3O)c([N+](=O)[O-])c2)cc1. The van der Waals surface area contributed by atoms with Crippen LogP contribution in [0.5, 0.6) is 17.2 Å². The molecule has 0 unspecified atom stereocenters. The summed E-state index contributed by atoms with van der Waals surface area (Å²) in [4.78, 5) is 10.5. The Hall–Kier alpha value is -4.32. The number of anilines is 2. The molecule has 0 bridgehead atoms. The van der Waals surface area contributed by atoms with E-state index in [2.05, 4.69) is 15.2 Å². The quantitative estimate of drug-likeness (QED) is 0.243.